The molecule has 8 heteroatoms. The fourth-order valence-electron chi connectivity index (χ4n) is 2.78. The predicted molar refractivity (Wildman–Crippen MR) is 85.3 cm³/mol. The summed E-state index contributed by atoms with van der Waals surface area (Å²) < 4.78 is 5.02. The third-order valence-electron chi connectivity index (χ3n) is 4.09. The standard InChI is InChI=1S/C16H18N4O4/c21-14(22)11-6-8-12(9-7-11)17-15(23)19-16-18-13(20-24-16)10-4-2-1-3-5-10/h1-5,11-12H,6-9H2,(H,21,22)(H2,17,18,19,20,23). The normalized spacial score (nSPS) is 20.3. The number of rotatable bonds is 4. The minimum absolute atomic E-state index is 0.0191. The molecule has 1 aliphatic rings. The topological polar surface area (TPSA) is 117 Å². The largest absolute Gasteiger partial charge is 0.481 e. The van der Waals surface area contributed by atoms with Crippen molar-refractivity contribution in [3.05, 3.63) is 30.3 Å². The van der Waals surface area contributed by atoms with Gasteiger partial charge in [0.15, 0.2) is 0 Å². The Labute approximate surface area is 138 Å². The number of hydrogen-bond acceptors (Lipinski definition) is 5. The summed E-state index contributed by atoms with van der Waals surface area (Å²) in [6.45, 7) is 0. The van der Waals surface area contributed by atoms with Gasteiger partial charge < -0.3 is 14.9 Å². The zero-order valence-electron chi connectivity index (χ0n) is 12.9. The van der Waals surface area contributed by atoms with E-state index in [4.69, 9.17) is 9.63 Å². The highest BCUT2D eigenvalue weighted by atomic mass is 16.5. The van der Waals surface area contributed by atoms with Gasteiger partial charge in [-0.15, -0.1) is 0 Å². The molecule has 1 fully saturated rings. The number of hydrogen-bond donors (Lipinski definition) is 3. The lowest BCUT2D eigenvalue weighted by Gasteiger charge is -2.26. The highest BCUT2D eigenvalue weighted by molar-refractivity contribution is 5.87. The summed E-state index contributed by atoms with van der Waals surface area (Å²) in [6.07, 6.45) is 2.42. The van der Waals surface area contributed by atoms with Crippen LogP contribution in [0.25, 0.3) is 11.4 Å². The van der Waals surface area contributed by atoms with E-state index in [1.807, 2.05) is 30.3 Å². The lowest BCUT2D eigenvalue weighted by Crippen LogP contribution is -2.41. The Bertz CT molecular complexity index is 708. The van der Waals surface area contributed by atoms with Crippen LogP contribution < -0.4 is 10.6 Å². The summed E-state index contributed by atoms with van der Waals surface area (Å²) in [5.74, 6) is -0.680. The van der Waals surface area contributed by atoms with Crippen molar-refractivity contribution in [1.82, 2.24) is 15.5 Å². The van der Waals surface area contributed by atoms with Gasteiger partial charge >= 0.3 is 18.0 Å². The van der Waals surface area contributed by atoms with Crippen LogP contribution in [0.2, 0.25) is 0 Å². The molecule has 1 saturated carbocycles. The Hall–Kier alpha value is -2.90. The number of nitrogens with zero attached hydrogens (tertiary/aromatic N) is 2. The van der Waals surface area contributed by atoms with Crippen LogP contribution in [0.5, 0.6) is 0 Å². The molecule has 0 atom stereocenters. The van der Waals surface area contributed by atoms with Crippen LogP contribution in [0.15, 0.2) is 34.9 Å². The van der Waals surface area contributed by atoms with Crippen molar-refractivity contribution in [2.75, 3.05) is 5.32 Å². The molecule has 0 bridgehead atoms. The molecule has 3 rings (SSSR count). The Balaban J connectivity index is 1.51. The highest BCUT2D eigenvalue weighted by Gasteiger charge is 2.26. The smallest absolute Gasteiger partial charge is 0.329 e. The third-order valence-corrected chi connectivity index (χ3v) is 4.09. The Morgan fingerprint density at radius 2 is 1.83 bits per heavy atom. The van der Waals surface area contributed by atoms with E-state index in [1.54, 1.807) is 0 Å². The molecule has 3 N–H and O–H groups in total. The van der Waals surface area contributed by atoms with Gasteiger partial charge in [-0.25, -0.2) is 4.79 Å². The minimum Gasteiger partial charge on any atom is -0.481 e. The molecule has 0 unspecified atom stereocenters. The number of aliphatic carboxylic acids is 1. The van der Waals surface area contributed by atoms with Gasteiger partial charge in [0.1, 0.15) is 0 Å². The van der Waals surface area contributed by atoms with Crippen LogP contribution in [-0.2, 0) is 4.79 Å². The number of amides is 2. The summed E-state index contributed by atoms with van der Waals surface area (Å²) in [5.41, 5.74) is 0.793. The monoisotopic (exact) mass is 330 g/mol. The number of urea groups is 1. The van der Waals surface area contributed by atoms with E-state index in [9.17, 15) is 9.59 Å². The zero-order valence-corrected chi connectivity index (χ0v) is 12.9. The fourth-order valence-corrected chi connectivity index (χ4v) is 2.78. The zero-order chi connectivity index (χ0) is 16.9. The molecule has 8 nitrogen and oxygen atoms in total. The minimum atomic E-state index is -0.766. The molecular weight excluding hydrogens is 312 g/mol. The van der Waals surface area contributed by atoms with Gasteiger partial charge in [-0.1, -0.05) is 35.5 Å². The van der Waals surface area contributed by atoms with E-state index in [0.717, 1.165) is 5.56 Å². The summed E-state index contributed by atoms with van der Waals surface area (Å²) in [5, 5.41) is 18.1. The second-order valence-electron chi connectivity index (χ2n) is 5.77. The summed E-state index contributed by atoms with van der Waals surface area (Å²) in [7, 11) is 0. The van der Waals surface area contributed by atoms with Crippen molar-refractivity contribution in [2.24, 2.45) is 5.92 Å². The van der Waals surface area contributed by atoms with E-state index >= 15 is 0 Å². The van der Waals surface area contributed by atoms with Gasteiger partial charge in [0.05, 0.1) is 5.92 Å². The summed E-state index contributed by atoms with van der Waals surface area (Å²) in [4.78, 5) is 27.0. The summed E-state index contributed by atoms with van der Waals surface area (Å²) in [6, 6.07) is 8.83. The van der Waals surface area contributed by atoms with E-state index in [2.05, 4.69) is 20.8 Å². The van der Waals surface area contributed by atoms with Crippen LogP contribution >= 0.6 is 0 Å². The van der Waals surface area contributed by atoms with E-state index in [-0.39, 0.29) is 18.0 Å². The van der Waals surface area contributed by atoms with Crippen molar-refractivity contribution in [3.63, 3.8) is 0 Å². The fraction of sp³-hybridized carbons (Fsp3) is 0.375. The predicted octanol–water partition coefficient (Wildman–Crippen LogP) is 2.50. The molecule has 2 aromatic rings. The van der Waals surface area contributed by atoms with E-state index < -0.39 is 12.0 Å². The number of carboxylic acid groups (broad SMARTS) is 1. The van der Waals surface area contributed by atoms with Gasteiger partial charge in [0.2, 0.25) is 5.82 Å². The maximum absolute atomic E-state index is 12.0. The molecule has 1 heterocycles. The van der Waals surface area contributed by atoms with Gasteiger partial charge in [-0.3, -0.25) is 10.1 Å². The number of carbonyl (C=O) groups is 2. The Morgan fingerprint density at radius 1 is 1.12 bits per heavy atom. The molecule has 0 aliphatic heterocycles. The van der Waals surface area contributed by atoms with E-state index in [1.165, 1.54) is 0 Å². The molecule has 2 amide bonds. The number of anilines is 1. The van der Waals surface area contributed by atoms with Crippen LogP contribution in [-0.4, -0.2) is 33.3 Å². The maximum Gasteiger partial charge on any atom is 0.329 e. The third kappa shape index (κ3) is 3.89. The lowest BCUT2D eigenvalue weighted by molar-refractivity contribution is -0.142. The van der Waals surface area contributed by atoms with Gasteiger partial charge in [0, 0.05) is 11.6 Å². The Kier molecular flexibility index (Phi) is 4.74. The first-order valence-corrected chi connectivity index (χ1v) is 7.81. The second-order valence-corrected chi connectivity index (χ2v) is 5.77. The number of nitrogens with one attached hydrogen (secondary N) is 2. The molecule has 0 spiro atoms. The second kappa shape index (κ2) is 7.12. The number of benzene rings is 1. The molecule has 1 aromatic heterocycles. The highest BCUT2D eigenvalue weighted by Crippen LogP contribution is 2.24. The van der Waals surface area contributed by atoms with Crippen molar-refractivity contribution in [1.29, 1.82) is 0 Å². The quantitative estimate of drug-likeness (QED) is 0.793. The van der Waals surface area contributed by atoms with Crippen molar-refractivity contribution >= 4 is 18.0 Å². The first-order valence-electron chi connectivity index (χ1n) is 7.81. The van der Waals surface area contributed by atoms with Crippen LogP contribution in [0.1, 0.15) is 25.7 Å². The van der Waals surface area contributed by atoms with Gasteiger partial charge in [-0.2, -0.15) is 4.98 Å². The van der Waals surface area contributed by atoms with Crippen LogP contribution in [0.3, 0.4) is 0 Å². The number of carbonyl (C=O) groups excluding carboxylic acids is 1. The van der Waals surface area contributed by atoms with Crippen molar-refractivity contribution in [2.45, 2.75) is 31.7 Å². The average Bonchev–Trinajstić information content (AvgIpc) is 3.04. The molecule has 1 aromatic carbocycles. The number of carboxylic acids is 1. The Morgan fingerprint density at radius 3 is 2.50 bits per heavy atom. The van der Waals surface area contributed by atoms with Gasteiger partial charge in [-0.05, 0) is 25.7 Å². The average molecular weight is 330 g/mol. The molecule has 126 valence electrons. The van der Waals surface area contributed by atoms with Crippen molar-refractivity contribution < 1.29 is 19.2 Å². The molecule has 24 heavy (non-hydrogen) atoms. The van der Waals surface area contributed by atoms with Crippen LogP contribution in [0.4, 0.5) is 10.8 Å². The molecule has 0 radical (unpaired) electrons. The first-order chi connectivity index (χ1) is 11.6. The summed E-state index contributed by atoms with van der Waals surface area (Å²) >= 11 is 0. The molecular formula is C16H18N4O4. The maximum atomic E-state index is 12.0. The molecule has 1 aliphatic carbocycles. The molecule has 0 saturated heterocycles. The number of aromatic nitrogens is 2. The lowest BCUT2D eigenvalue weighted by atomic mass is 9.86. The van der Waals surface area contributed by atoms with Gasteiger partial charge in [0.25, 0.3) is 0 Å². The van der Waals surface area contributed by atoms with E-state index in [0.29, 0.717) is 31.5 Å². The SMILES string of the molecule is O=C(Nc1nc(-c2ccccc2)no1)NC1CCC(C(=O)O)CC1. The first kappa shape index (κ1) is 16.0. The van der Waals surface area contributed by atoms with Crippen LogP contribution in [0, 0.1) is 5.92 Å². The van der Waals surface area contributed by atoms with Crippen molar-refractivity contribution in [3.8, 4) is 11.4 Å².